The van der Waals surface area contributed by atoms with Gasteiger partial charge in [0, 0.05) is 31.2 Å². The van der Waals surface area contributed by atoms with Crippen molar-refractivity contribution in [2.75, 3.05) is 13.1 Å². The first-order valence-corrected chi connectivity index (χ1v) is 8.48. The molecule has 0 aliphatic carbocycles. The lowest BCUT2D eigenvalue weighted by atomic mass is 10.1. The van der Waals surface area contributed by atoms with Gasteiger partial charge >= 0.3 is 0 Å². The van der Waals surface area contributed by atoms with Gasteiger partial charge in [0.05, 0.1) is 12.7 Å². The van der Waals surface area contributed by atoms with Crippen molar-refractivity contribution in [3.8, 4) is 0 Å². The van der Waals surface area contributed by atoms with Crippen LogP contribution in [0.25, 0.3) is 0 Å². The minimum Gasteiger partial charge on any atom is -0.330 e. The number of fused-ring (bicyclic) bond motifs is 2. The molecule has 6 heteroatoms. The van der Waals surface area contributed by atoms with E-state index in [0.29, 0.717) is 31.4 Å². The number of aldehydes is 1. The molecule has 122 valence electrons. The molecule has 0 N–H and O–H groups in total. The molecule has 1 amide bonds. The Labute approximate surface area is 135 Å². The van der Waals surface area contributed by atoms with E-state index in [2.05, 4.69) is 16.0 Å². The first kappa shape index (κ1) is 14.6. The molecule has 23 heavy (non-hydrogen) atoms. The fourth-order valence-corrected chi connectivity index (χ4v) is 4.21. The summed E-state index contributed by atoms with van der Waals surface area (Å²) in [4.78, 5) is 32.0. The largest absolute Gasteiger partial charge is 0.330 e. The van der Waals surface area contributed by atoms with Gasteiger partial charge in [-0.2, -0.15) is 0 Å². The fraction of sp³-hybridized carbons (Fsp3) is 0.588. The summed E-state index contributed by atoms with van der Waals surface area (Å²) < 4.78 is 1.90. The Morgan fingerprint density at radius 2 is 2.13 bits per heavy atom. The highest BCUT2D eigenvalue weighted by molar-refractivity contribution is 5.87. The van der Waals surface area contributed by atoms with E-state index in [0.717, 1.165) is 18.2 Å². The number of carbonyl (C=O) groups excluding carboxylic acids is 2. The van der Waals surface area contributed by atoms with Crippen molar-refractivity contribution in [2.24, 2.45) is 0 Å². The van der Waals surface area contributed by atoms with E-state index in [9.17, 15) is 9.59 Å². The molecule has 0 aromatic carbocycles. The summed E-state index contributed by atoms with van der Waals surface area (Å²) in [6.07, 6.45) is 11.3. The Morgan fingerprint density at radius 3 is 3.00 bits per heavy atom. The van der Waals surface area contributed by atoms with Crippen LogP contribution in [0.4, 0.5) is 0 Å². The van der Waals surface area contributed by atoms with Crippen molar-refractivity contribution in [1.29, 1.82) is 0 Å². The van der Waals surface area contributed by atoms with Crippen molar-refractivity contribution in [3.05, 3.63) is 29.9 Å². The van der Waals surface area contributed by atoms with Crippen LogP contribution in [0.5, 0.6) is 0 Å². The number of nitrogens with zero attached hydrogens (tertiary/aromatic N) is 4. The zero-order valence-corrected chi connectivity index (χ0v) is 13.2. The molecule has 2 fully saturated rings. The molecule has 3 aliphatic rings. The minimum atomic E-state index is 0.0505. The summed E-state index contributed by atoms with van der Waals surface area (Å²) in [7, 11) is 0. The van der Waals surface area contributed by atoms with Crippen molar-refractivity contribution in [3.63, 3.8) is 0 Å². The third-order valence-electron chi connectivity index (χ3n) is 5.43. The standard InChI is InChI=1S/C17H22N4O2/c22-12-15-10-18-16-11-19(8-9-21(15)16)17(23)6-5-14-4-3-13-2-1-7-20(13)14/h5-6,10,12-14H,1-4,7-9,11H2/b6-5+. The van der Waals surface area contributed by atoms with Crippen molar-refractivity contribution < 1.29 is 9.59 Å². The van der Waals surface area contributed by atoms with Gasteiger partial charge in [-0.15, -0.1) is 0 Å². The maximum atomic E-state index is 12.4. The van der Waals surface area contributed by atoms with Gasteiger partial charge in [-0.1, -0.05) is 6.08 Å². The summed E-state index contributed by atoms with van der Waals surface area (Å²) in [5.74, 6) is 0.843. The average molecular weight is 314 g/mol. The maximum Gasteiger partial charge on any atom is 0.246 e. The number of carbonyl (C=O) groups is 2. The molecule has 0 spiro atoms. The summed E-state index contributed by atoms with van der Waals surface area (Å²) in [5, 5.41) is 0. The normalized spacial score (nSPS) is 27.4. The van der Waals surface area contributed by atoms with Crippen LogP contribution in [-0.2, 0) is 17.9 Å². The molecule has 0 radical (unpaired) electrons. The van der Waals surface area contributed by atoms with E-state index in [1.807, 2.05) is 9.47 Å². The van der Waals surface area contributed by atoms with Gasteiger partial charge in [0.15, 0.2) is 6.29 Å². The molecule has 3 aliphatic heterocycles. The number of aromatic nitrogens is 2. The first-order chi connectivity index (χ1) is 11.3. The highest BCUT2D eigenvalue weighted by Gasteiger charge is 2.35. The smallest absolute Gasteiger partial charge is 0.246 e. The Hall–Kier alpha value is -1.95. The van der Waals surface area contributed by atoms with E-state index in [1.165, 1.54) is 32.2 Å². The number of rotatable bonds is 3. The van der Waals surface area contributed by atoms with Crippen LogP contribution in [0.2, 0.25) is 0 Å². The minimum absolute atomic E-state index is 0.0505. The number of amides is 1. The highest BCUT2D eigenvalue weighted by Crippen LogP contribution is 2.32. The molecule has 0 bridgehead atoms. The molecular formula is C17H22N4O2. The lowest BCUT2D eigenvalue weighted by Gasteiger charge is -2.27. The molecule has 4 rings (SSSR count). The van der Waals surface area contributed by atoms with Crippen LogP contribution in [0, 0.1) is 0 Å². The predicted molar refractivity (Wildman–Crippen MR) is 84.9 cm³/mol. The van der Waals surface area contributed by atoms with Gasteiger partial charge in [0.1, 0.15) is 11.5 Å². The van der Waals surface area contributed by atoms with Gasteiger partial charge in [0.2, 0.25) is 5.91 Å². The average Bonchev–Trinajstić information content (AvgIpc) is 3.27. The summed E-state index contributed by atoms with van der Waals surface area (Å²) in [6, 6.07) is 1.17. The lowest BCUT2D eigenvalue weighted by Crippen LogP contribution is -2.38. The molecule has 1 aromatic heterocycles. The van der Waals surface area contributed by atoms with Crippen LogP contribution in [-0.4, -0.2) is 56.7 Å². The van der Waals surface area contributed by atoms with Gasteiger partial charge < -0.3 is 9.47 Å². The van der Waals surface area contributed by atoms with Crippen molar-refractivity contribution in [2.45, 2.75) is 50.9 Å². The molecule has 0 saturated carbocycles. The van der Waals surface area contributed by atoms with Gasteiger partial charge in [-0.25, -0.2) is 4.98 Å². The Balaban J connectivity index is 1.40. The Morgan fingerprint density at radius 1 is 1.22 bits per heavy atom. The SMILES string of the molecule is O=Cc1cnc2n1CCN(C(=O)/C=C/C1CCC3CCCN13)C2. The molecule has 4 heterocycles. The van der Waals surface area contributed by atoms with Gasteiger partial charge in [-0.05, 0) is 32.2 Å². The van der Waals surface area contributed by atoms with Crippen LogP contribution in [0.15, 0.2) is 18.3 Å². The van der Waals surface area contributed by atoms with Crippen LogP contribution in [0.3, 0.4) is 0 Å². The predicted octanol–water partition coefficient (Wildman–Crippen LogP) is 1.22. The van der Waals surface area contributed by atoms with Gasteiger partial charge in [0.25, 0.3) is 0 Å². The van der Waals surface area contributed by atoms with Crippen LogP contribution >= 0.6 is 0 Å². The molecule has 6 nitrogen and oxygen atoms in total. The summed E-state index contributed by atoms with van der Waals surface area (Å²) in [6.45, 7) is 2.92. The van der Waals surface area contributed by atoms with Crippen molar-refractivity contribution in [1.82, 2.24) is 19.4 Å². The lowest BCUT2D eigenvalue weighted by molar-refractivity contribution is -0.127. The second kappa shape index (κ2) is 5.92. The summed E-state index contributed by atoms with van der Waals surface area (Å²) in [5.41, 5.74) is 0.591. The highest BCUT2D eigenvalue weighted by atomic mass is 16.2. The second-order valence-corrected chi connectivity index (χ2v) is 6.67. The third-order valence-corrected chi connectivity index (χ3v) is 5.43. The van der Waals surface area contributed by atoms with E-state index in [-0.39, 0.29) is 5.91 Å². The maximum absolute atomic E-state index is 12.4. The van der Waals surface area contributed by atoms with E-state index in [4.69, 9.17) is 0 Å². The second-order valence-electron chi connectivity index (χ2n) is 6.67. The van der Waals surface area contributed by atoms with E-state index < -0.39 is 0 Å². The molecule has 2 atom stereocenters. The van der Waals surface area contributed by atoms with E-state index >= 15 is 0 Å². The number of hydrogen-bond acceptors (Lipinski definition) is 4. The zero-order chi connectivity index (χ0) is 15.8. The number of imidazole rings is 1. The fourth-order valence-electron chi connectivity index (χ4n) is 4.21. The van der Waals surface area contributed by atoms with Crippen LogP contribution in [0.1, 0.15) is 42.0 Å². The van der Waals surface area contributed by atoms with Crippen molar-refractivity contribution >= 4 is 12.2 Å². The third kappa shape index (κ3) is 2.61. The molecular weight excluding hydrogens is 292 g/mol. The van der Waals surface area contributed by atoms with Gasteiger partial charge in [-0.3, -0.25) is 14.5 Å². The first-order valence-electron chi connectivity index (χ1n) is 8.48. The number of hydrogen-bond donors (Lipinski definition) is 0. The Bertz CT molecular complexity index is 651. The zero-order valence-electron chi connectivity index (χ0n) is 13.2. The Kier molecular flexibility index (Phi) is 3.77. The van der Waals surface area contributed by atoms with Crippen LogP contribution < -0.4 is 0 Å². The summed E-state index contributed by atoms with van der Waals surface area (Å²) >= 11 is 0. The quantitative estimate of drug-likeness (QED) is 0.622. The monoisotopic (exact) mass is 314 g/mol. The van der Waals surface area contributed by atoms with E-state index in [1.54, 1.807) is 12.3 Å². The topological polar surface area (TPSA) is 58.4 Å². The molecule has 1 aromatic rings. The molecule has 2 saturated heterocycles. The molecule has 2 unspecified atom stereocenters.